The Labute approximate surface area is 153 Å². The predicted molar refractivity (Wildman–Crippen MR) is 100.0 cm³/mol. The molecule has 3 rings (SSSR count). The van der Waals surface area contributed by atoms with Crippen molar-refractivity contribution < 1.29 is 19.0 Å². The van der Waals surface area contributed by atoms with E-state index >= 15 is 0 Å². The van der Waals surface area contributed by atoms with Crippen LogP contribution in [0.25, 0.3) is 0 Å². The number of hydrogen-bond acceptors (Lipinski definition) is 5. The first-order valence-corrected chi connectivity index (χ1v) is 8.64. The second kappa shape index (κ2) is 8.10. The Morgan fingerprint density at radius 1 is 1.23 bits per heavy atom. The Morgan fingerprint density at radius 2 is 2.00 bits per heavy atom. The van der Waals surface area contributed by atoms with Crippen LogP contribution < -0.4 is 19.5 Å². The first kappa shape index (κ1) is 18.1. The molecule has 0 bridgehead atoms. The third kappa shape index (κ3) is 4.26. The molecular weight excluding hydrogens is 332 g/mol. The number of likely N-dealkylation sites (N-methyl/N-ethyl adjacent to an activating group) is 1. The number of nitrogens with one attached hydrogen (secondary N) is 1. The number of fused-ring (bicyclic) bond motifs is 1. The van der Waals surface area contributed by atoms with Gasteiger partial charge in [-0.25, -0.2) is 0 Å². The molecule has 1 amide bonds. The van der Waals surface area contributed by atoms with E-state index in [4.69, 9.17) is 14.2 Å². The summed E-state index contributed by atoms with van der Waals surface area (Å²) in [6.45, 7) is 5.26. The number of aryl methyl sites for hydroxylation is 1. The predicted octanol–water partition coefficient (Wildman–Crippen LogP) is 3.06. The highest BCUT2D eigenvalue weighted by molar-refractivity contribution is 5.94. The molecule has 6 nitrogen and oxygen atoms in total. The summed E-state index contributed by atoms with van der Waals surface area (Å²) >= 11 is 0. The number of carbonyl (C=O) groups is 1. The largest absolute Gasteiger partial charge is 0.492 e. The highest BCUT2D eigenvalue weighted by Crippen LogP contribution is 2.34. The van der Waals surface area contributed by atoms with Gasteiger partial charge in [-0.05, 0) is 44.7 Å². The molecular formula is C20H24N2O4. The van der Waals surface area contributed by atoms with Crippen LogP contribution in [0.1, 0.15) is 12.5 Å². The van der Waals surface area contributed by atoms with Crippen molar-refractivity contribution in [3.8, 4) is 17.2 Å². The van der Waals surface area contributed by atoms with Gasteiger partial charge < -0.3 is 19.5 Å². The summed E-state index contributed by atoms with van der Waals surface area (Å²) in [6.07, 6.45) is 0. The molecule has 6 heteroatoms. The Kier molecular flexibility index (Phi) is 5.63. The van der Waals surface area contributed by atoms with E-state index < -0.39 is 0 Å². The molecule has 0 radical (unpaired) electrons. The lowest BCUT2D eigenvalue weighted by atomic mass is 10.2. The van der Waals surface area contributed by atoms with Crippen LogP contribution in [-0.4, -0.2) is 43.8 Å². The summed E-state index contributed by atoms with van der Waals surface area (Å²) in [7, 11) is 1.91. The lowest BCUT2D eigenvalue weighted by Crippen LogP contribution is -2.41. The molecule has 2 aromatic rings. The van der Waals surface area contributed by atoms with Crippen LogP contribution in [0.4, 0.5) is 5.69 Å². The molecule has 1 atom stereocenters. The molecule has 0 saturated heterocycles. The van der Waals surface area contributed by atoms with Crippen molar-refractivity contribution in [2.24, 2.45) is 0 Å². The van der Waals surface area contributed by atoms with Crippen LogP contribution in [-0.2, 0) is 4.79 Å². The third-order valence-electron chi connectivity index (χ3n) is 4.48. The Balaban J connectivity index is 1.49. The van der Waals surface area contributed by atoms with E-state index in [2.05, 4.69) is 5.32 Å². The number of anilines is 1. The van der Waals surface area contributed by atoms with Crippen LogP contribution in [0.15, 0.2) is 42.5 Å². The van der Waals surface area contributed by atoms with E-state index in [1.165, 1.54) is 0 Å². The molecule has 1 aliphatic heterocycles. The molecule has 1 aliphatic rings. The van der Waals surface area contributed by atoms with Crippen LogP contribution in [0.2, 0.25) is 0 Å². The second-order valence-electron chi connectivity index (χ2n) is 6.33. The van der Waals surface area contributed by atoms with E-state index in [-0.39, 0.29) is 18.7 Å². The minimum absolute atomic E-state index is 0.0812. The minimum atomic E-state index is -0.291. The fourth-order valence-corrected chi connectivity index (χ4v) is 2.63. The number of para-hydroxylation sites is 1. The van der Waals surface area contributed by atoms with Crippen molar-refractivity contribution in [2.45, 2.75) is 19.9 Å². The van der Waals surface area contributed by atoms with Crippen LogP contribution in [0.3, 0.4) is 0 Å². The first-order valence-electron chi connectivity index (χ1n) is 8.64. The molecule has 1 heterocycles. The van der Waals surface area contributed by atoms with Crippen LogP contribution in [0, 0.1) is 6.92 Å². The van der Waals surface area contributed by atoms with E-state index in [9.17, 15) is 4.79 Å². The molecule has 26 heavy (non-hydrogen) atoms. The van der Waals surface area contributed by atoms with Gasteiger partial charge in [0.25, 0.3) is 0 Å². The number of benzene rings is 2. The summed E-state index contributed by atoms with van der Waals surface area (Å²) in [5.41, 5.74) is 1.79. The maximum atomic E-state index is 12.5. The van der Waals surface area contributed by atoms with Gasteiger partial charge >= 0.3 is 0 Å². The first-order chi connectivity index (χ1) is 12.5. The van der Waals surface area contributed by atoms with Gasteiger partial charge in [0.15, 0.2) is 11.5 Å². The van der Waals surface area contributed by atoms with E-state index in [1.54, 1.807) is 18.2 Å². The summed E-state index contributed by atoms with van der Waals surface area (Å²) in [5.74, 6) is 2.14. The summed E-state index contributed by atoms with van der Waals surface area (Å²) in [5, 5.41) is 2.91. The quantitative estimate of drug-likeness (QED) is 0.826. The van der Waals surface area contributed by atoms with E-state index in [1.807, 2.05) is 50.1 Å². The molecule has 0 aliphatic carbocycles. The Bertz CT molecular complexity index is 778. The molecule has 138 valence electrons. The fourth-order valence-electron chi connectivity index (χ4n) is 2.63. The molecule has 2 aromatic carbocycles. The maximum absolute atomic E-state index is 12.5. The van der Waals surface area contributed by atoms with Crippen molar-refractivity contribution in [2.75, 3.05) is 32.3 Å². The molecule has 0 aromatic heterocycles. The monoisotopic (exact) mass is 356 g/mol. The second-order valence-corrected chi connectivity index (χ2v) is 6.33. The van der Waals surface area contributed by atoms with Gasteiger partial charge in [0, 0.05) is 18.3 Å². The molecule has 0 spiro atoms. The average Bonchev–Trinajstić information content (AvgIpc) is 3.10. The third-order valence-corrected chi connectivity index (χ3v) is 4.48. The zero-order valence-electron chi connectivity index (χ0n) is 15.3. The van der Waals surface area contributed by atoms with Gasteiger partial charge in [-0.2, -0.15) is 0 Å². The normalized spacial score (nSPS) is 13.5. The van der Waals surface area contributed by atoms with Crippen molar-refractivity contribution in [1.29, 1.82) is 0 Å². The van der Waals surface area contributed by atoms with Gasteiger partial charge in [0.05, 0.1) is 6.04 Å². The standard InChI is InChI=1S/C20H24N2O4/c1-14-6-4-5-7-17(14)24-11-10-22(3)15(2)20(23)21-16-8-9-18-19(12-16)26-13-25-18/h4-9,12,15H,10-11,13H2,1-3H3,(H,21,23). The maximum Gasteiger partial charge on any atom is 0.241 e. The lowest BCUT2D eigenvalue weighted by Gasteiger charge is -2.24. The molecule has 1 N–H and O–H groups in total. The topological polar surface area (TPSA) is 60.0 Å². The number of amides is 1. The lowest BCUT2D eigenvalue weighted by molar-refractivity contribution is -0.120. The Morgan fingerprint density at radius 3 is 2.81 bits per heavy atom. The van der Waals surface area contributed by atoms with Gasteiger partial charge in [-0.3, -0.25) is 9.69 Å². The van der Waals surface area contributed by atoms with Crippen molar-refractivity contribution in [3.63, 3.8) is 0 Å². The number of nitrogens with zero attached hydrogens (tertiary/aromatic N) is 1. The molecule has 0 saturated carbocycles. The van der Waals surface area contributed by atoms with Crippen molar-refractivity contribution in [1.82, 2.24) is 4.90 Å². The van der Waals surface area contributed by atoms with Gasteiger partial charge in [-0.15, -0.1) is 0 Å². The molecule has 1 unspecified atom stereocenters. The number of carbonyl (C=O) groups excluding carboxylic acids is 1. The van der Waals surface area contributed by atoms with Gasteiger partial charge in [0.2, 0.25) is 12.7 Å². The van der Waals surface area contributed by atoms with Crippen molar-refractivity contribution in [3.05, 3.63) is 48.0 Å². The van der Waals surface area contributed by atoms with E-state index in [0.717, 1.165) is 11.3 Å². The SMILES string of the molecule is Cc1ccccc1OCCN(C)C(C)C(=O)Nc1ccc2c(c1)OCO2. The number of rotatable bonds is 7. The zero-order valence-corrected chi connectivity index (χ0v) is 15.3. The molecule has 0 fully saturated rings. The summed E-state index contributed by atoms with van der Waals surface area (Å²) < 4.78 is 16.4. The smallest absolute Gasteiger partial charge is 0.241 e. The number of hydrogen-bond donors (Lipinski definition) is 1. The average molecular weight is 356 g/mol. The van der Waals surface area contributed by atoms with Gasteiger partial charge in [0.1, 0.15) is 12.4 Å². The Hall–Kier alpha value is -2.73. The highest BCUT2D eigenvalue weighted by atomic mass is 16.7. The van der Waals surface area contributed by atoms with E-state index in [0.29, 0.717) is 30.3 Å². The zero-order chi connectivity index (χ0) is 18.5. The van der Waals surface area contributed by atoms with Crippen LogP contribution >= 0.6 is 0 Å². The number of ether oxygens (including phenoxy) is 3. The van der Waals surface area contributed by atoms with Crippen LogP contribution in [0.5, 0.6) is 17.2 Å². The fraction of sp³-hybridized carbons (Fsp3) is 0.350. The summed E-state index contributed by atoms with van der Waals surface area (Å²) in [4.78, 5) is 14.4. The summed E-state index contributed by atoms with van der Waals surface area (Å²) in [6, 6.07) is 13.0. The minimum Gasteiger partial charge on any atom is -0.492 e. The van der Waals surface area contributed by atoms with Gasteiger partial charge in [-0.1, -0.05) is 18.2 Å². The highest BCUT2D eigenvalue weighted by Gasteiger charge is 2.20. The van der Waals surface area contributed by atoms with Crippen molar-refractivity contribution >= 4 is 11.6 Å².